The van der Waals surface area contributed by atoms with Crippen LogP contribution in [0.3, 0.4) is 0 Å². The van der Waals surface area contributed by atoms with Gasteiger partial charge in [0.25, 0.3) is 0 Å². The molecule has 2 aromatic rings. The molecule has 0 aliphatic heterocycles. The lowest BCUT2D eigenvalue weighted by molar-refractivity contribution is 0.192. The smallest absolute Gasteiger partial charge is 0.168 e. The van der Waals surface area contributed by atoms with Crippen molar-refractivity contribution in [2.75, 3.05) is 19.7 Å². The van der Waals surface area contributed by atoms with Gasteiger partial charge in [-0.2, -0.15) is 0 Å². The van der Waals surface area contributed by atoms with Crippen LogP contribution in [0.25, 0.3) is 11.1 Å². The third-order valence-corrected chi connectivity index (χ3v) is 4.01. The van der Waals surface area contributed by atoms with Crippen molar-refractivity contribution in [1.29, 1.82) is 0 Å². The first-order chi connectivity index (χ1) is 10.5. The van der Waals surface area contributed by atoms with E-state index in [0.717, 1.165) is 23.4 Å². The number of rotatable bonds is 7. The molecule has 0 saturated carbocycles. The summed E-state index contributed by atoms with van der Waals surface area (Å²) in [5, 5.41) is 0. The summed E-state index contributed by atoms with van der Waals surface area (Å²) in [5.74, 6) is 0.871. The van der Waals surface area contributed by atoms with Crippen molar-refractivity contribution in [3.8, 4) is 16.9 Å². The summed E-state index contributed by atoms with van der Waals surface area (Å²) >= 11 is 12.3. The summed E-state index contributed by atoms with van der Waals surface area (Å²) in [6, 6.07) is 18.3. The molecule has 4 heteroatoms. The Morgan fingerprint density at radius 1 is 1.00 bits per heavy atom. The van der Waals surface area contributed by atoms with E-state index in [9.17, 15) is 0 Å². The first-order valence-electron chi connectivity index (χ1n) is 7.42. The van der Waals surface area contributed by atoms with Gasteiger partial charge in [0.15, 0.2) is 4.46 Å². The number of halogens is 2. The van der Waals surface area contributed by atoms with Gasteiger partial charge in [0.1, 0.15) is 12.4 Å². The van der Waals surface area contributed by atoms with Crippen molar-refractivity contribution in [3.63, 3.8) is 0 Å². The van der Waals surface area contributed by atoms with Crippen LogP contribution in [-0.4, -0.2) is 29.1 Å². The summed E-state index contributed by atoms with van der Waals surface area (Å²) in [5.41, 5.74) is 2.23. The Labute approximate surface area is 142 Å². The van der Waals surface area contributed by atoms with Crippen LogP contribution < -0.4 is 4.74 Å². The number of hydrogen-bond donors (Lipinski definition) is 0. The largest absolute Gasteiger partial charge is 0.492 e. The van der Waals surface area contributed by atoms with Crippen LogP contribution in [0.15, 0.2) is 54.6 Å². The van der Waals surface area contributed by atoms with E-state index in [1.807, 2.05) is 48.2 Å². The van der Waals surface area contributed by atoms with Crippen LogP contribution in [-0.2, 0) is 0 Å². The lowest BCUT2D eigenvalue weighted by Gasteiger charge is -2.30. The molecule has 0 amide bonds. The fourth-order valence-electron chi connectivity index (χ4n) is 2.35. The van der Waals surface area contributed by atoms with E-state index in [1.165, 1.54) is 0 Å². The summed E-state index contributed by atoms with van der Waals surface area (Å²) in [6.45, 7) is 5.78. The molecule has 0 atom stereocenters. The van der Waals surface area contributed by atoms with E-state index in [0.29, 0.717) is 13.2 Å². The maximum absolute atomic E-state index is 6.14. The molecule has 0 unspecified atom stereocenters. The molecule has 22 heavy (non-hydrogen) atoms. The molecule has 0 aliphatic carbocycles. The standard InChI is InChI=1S/C18H21Cl2NO/c1-3-21(18(2,19)20)13-14-22-17-12-8-7-11-16(17)15-9-5-4-6-10-15/h4-12H,3,13-14H2,1-2H3. The number of nitrogens with zero attached hydrogens (tertiary/aromatic N) is 1. The molecular weight excluding hydrogens is 317 g/mol. The van der Waals surface area contributed by atoms with E-state index in [1.54, 1.807) is 6.92 Å². The van der Waals surface area contributed by atoms with Crippen molar-refractivity contribution in [1.82, 2.24) is 4.90 Å². The second kappa shape index (κ2) is 7.87. The highest BCUT2D eigenvalue weighted by molar-refractivity contribution is 6.47. The van der Waals surface area contributed by atoms with Crippen LogP contribution >= 0.6 is 23.2 Å². The quantitative estimate of drug-likeness (QED) is 0.508. The molecular formula is C18H21Cl2NO. The third kappa shape index (κ3) is 4.64. The molecule has 0 aromatic heterocycles. The van der Waals surface area contributed by atoms with Gasteiger partial charge in [-0.15, -0.1) is 0 Å². The molecule has 2 rings (SSSR count). The summed E-state index contributed by atoms with van der Waals surface area (Å²) in [6.07, 6.45) is 0. The SMILES string of the molecule is CCN(CCOc1ccccc1-c1ccccc1)C(C)(Cl)Cl. The van der Waals surface area contributed by atoms with Gasteiger partial charge >= 0.3 is 0 Å². The van der Waals surface area contributed by atoms with Gasteiger partial charge in [-0.25, -0.2) is 0 Å². The Balaban J connectivity index is 2.05. The van der Waals surface area contributed by atoms with Gasteiger partial charge in [-0.1, -0.05) is 78.7 Å². The van der Waals surface area contributed by atoms with Crippen LogP contribution in [0.5, 0.6) is 5.75 Å². The van der Waals surface area contributed by atoms with Gasteiger partial charge < -0.3 is 4.74 Å². The van der Waals surface area contributed by atoms with E-state index in [2.05, 4.69) is 18.2 Å². The minimum absolute atomic E-state index is 0.534. The zero-order chi connectivity index (χ0) is 16.0. The van der Waals surface area contributed by atoms with Crippen LogP contribution in [0.4, 0.5) is 0 Å². The average molecular weight is 338 g/mol. The lowest BCUT2D eigenvalue weighted by atomic mass is 10.1. The lowest BCUT2D eigenvalue weighted by Crippen LogP contribution is -2.39. The second-order valence-corrected chi connectivity index (χ2v) is 6.80. The Morgan fingerprint density at radius 2 is 1.64 bits per heavy atom. The first-order valence-corrected chi connectivity index (χ1v) is 8.18. The van der Waals surface area contributed by atoms with Crippen molar-refractivity contribution in [3.05, 3.63) is 54.6 Å². The molecule has 0 bridgehead atoms. The molecule has 0 aliphatic rings. The fourth-order valence-corrected chi connectivity index (χ4v) is 2.75. The molecule has 0 saturated heterocycles. The number of alkyl halides is 2. The predicted octanol–water partition coefficient (Wildman–Crippen LogP) is 5.21. The van der Waals surface area contributed by atoms with E-state index in [-0.39, 0.29) is 0 Å². The molecule has 0 spiro atoms. The average Bonchev–Trinajstić information content (AvgIpc) is 2.51. The monoisotopic (exact) mass is 337 g/mol. The molecule has 0 heterocycles. The van der Waals surface area contributed by atoms with Gasteiger partial charge in [0.05, 0.1) is 0 Å². The summed E-state index contributed by atoms with van der Waals surface area (Å²) in [4.78, 5) is 1.96. The molecule has 118 valence electrons. The molecule has 0 fully saturated rings. The maximum atomic E-state index is 6.14. The predicted molar refractivity (Wildman–Crippen MR) is 94.7 cm³/mol. The fraction of sp³-hybridized carbons (Fsp3) is 0.333. The van der Waals surface area contributed by atoms with E-state index >= 15 is 0 Å². The van der Waals surface area contributed by atoms with Crippen molar-refractivity contribution in [2.45, 2.75) is 18.3 Å². The maximum Gasteiger partial charge on any atom is 0.168 e. The number of para-hydroxylation sites is 1. The Kier molecular flexibility index (Phi) is 6.13. The molecule has 2 aromatic carbocycles. The van der Waals surface area contributed by atoms with E-state index < -0.39 is 4.46 Å². The Bertz CT molecular complexity index is 581. The zero-order valence-electron chi connectivity index (χ0n) is 12.9. The first kappa shape index (κ1) is 17.1. The highest BCUT2D eigenvalue weighted by atomic mass is 35.5. The third-order valence-electron chi connectivity index (χ3n) is 3.53. The topological polar surface area (TPSA) is 12.5 Å². The van der Waals surface area contributed by atoms with Gasteiger partial charge in [0, 0.05) is 12.1 Å². The highest BCUT2D eigenvalue weighted by Crippen LogP contribution is 2.30. The number of benzene rings is 2. The van der Waals surface area contributed by atoms with Gasteiger partial charge in [-0.3, -0.25) is 4.90 Å². The van der Waals surface area contributed by atoms with Crippen molar-refractivity contribution < 1.29 is 4.74 Å². The molecule has 2 nitrogen and oxygen atoms in total. The summed E-state index contributed by atoms with van der Waals surface area (Å²) < 4.78 is 5.08. The van der Waals surface area contributed by atoms with Crippen LogP contribution in [0, 0.1) is 0 Å². The molecule has 0 radical (unpaired) electrons. The van der Waals surface area contributed by atoms with Gasteiger partial charge in [0.2, 0.25) is 0 Å². The number of ether oxygens (including phenoxy) is 1. The minimum atomic E-state index is -0.878. The highest BCUT2D eigenvalue weighted by Gasteiger charge is 2.24. The number of hydrogen-bond acceptors (Lipinski definition) is 2. The summed E-state index contributed by atoms with van der Waals surface area (Å²) in [7, 11) is 0. The Hall–Kier alpha value is -1.22. The van der Waals surface area contributed by atoms with Crippen LogP contribution in [0.1, 0.15) is 13.8 Å². The minimum Gasteiger partial charge on any atom is -0.492 e. The van der Waals surface area contributed by atoms with Crippen molar-refractivity contribution in [2.24, 2.45) is 0 Å². The normalized spacial score (nSPS) is 11.7. The van der Waals surface area contributed by atoms with Gasteiger partial charge in [-0.05, 0) is 25.1 Å². The number of likely N-dealkylation sites (N-methyl/N-ethyl adjacent to an activating group) is 1. The molecule has 0 N–H and O–H groups in total. The van der Waals surface area contributed by atoms with E-state index in [4.69, 9.17) is 27.9 Å². The van der Waals surface area contributed by atoms with Crippen molar-refractivity contribution >= 4 is 23.2 Å². The Morgan fingerprint density at radius 3 is 2.27 bits per heavy atom. The zero-order valence-corrected chi connectivity index (χ0v) is 14.4. The second-order valence-electron chi connectivity index (χ2n) is 5.13. The van der Waals surface area contributed by atoms with Crippen LogP contribution in [0.2, 0.25) is 0 Å².